The van der Waals surface area contributed by atoms with Crippen LogP contribution in [0.25, 0.3) is 0 Å². The first kappa shape index (κ1) is 14.1. The zero-order valence-electron chi connectivity index (χ0n) is 13.4. The summed E-state index contributed by atoms with van der Waals surface area (Å²) in [5.74, 6) is 0.886. The fraction of sp³-hybridized carbons (Fsp3) is 0.667. The molecule has 1 aromatic rings. The molecule has 0 bridgehead atoms. The van der Waals surface area contributed by atoms with E-state index in [0.29, 0.717) is 5.54 Å². The maximum atomic E-state index is 3.75. The van der Waals surface area contributed by atoms with Crippen molar-refractivity contribution in [2.24, 2.45) is 5.92 Å². The smallest absolute Gasteiger partial charge is 0.0338 e. The van der Waals surface area contributed by atoms with Crippen LogP contribution in [-0.2, 0) is 6.54 Å². The van der Waals surface area contributed by atoms with Crippen LogP contribution in [0.1, 0.15) is 44.7 Å². The van der Waals surface area contributed by atoms with E-state index in [1.807, 2.05) is 0 Å². The van der Waals surface area contributed by atoms with E-state index >= 15 is 0 Å². The molecule has 0 radical (unpaired) electrons. The summed E-state index contributed by atoms with van der Waals surface area (Å²) in [5, 5.41) is 3.75. The lowest BCUT2D eigenvalue weighted by Crippen LogP contribution is -2.67. The number of hydrogen-bond donors (Lipinski definition) is 1. The number of rotatable bonds is 3. The Labute approximate surface area is 123 Å². The molecular weight excluding hydrogens is 244 g/mol. The molecule has 2 aliphatic rings. The first-order valence-electron chi connectivity index (χ1n) is 7.95. The minimum Gasteiger partial charge on any atom is -0.309 e. The molecule has 1 saturated heterocycles. The van der Waals surface area contributed by atoms with Gasteiger partial charge in [-0.1, -0.05) is 29.8 Å². The zero-order valence-corrected chi connectivity index (χ0v) is 13.4. The minimum atomic E-state index is 0.221. The van der Waals surface area contributed by atoms with Crippen molar-refractivity contribution in [1.29, 1.82) is 0 Å². The molecule has 0 spiro atoms. The van der Waals surface area contributed by atoms with Crippen LogP contribution >= 0.6 is 0 Å². The highest BCUT2D eigenvalue weighted by atomic mass is 15.3. The Bertz CT molecular complexity index is 473. The first-order valence-corrected chi connectivity index (χ1v) is 7.95. The molecule has 0 aromatic heterocycles. The Morgan fingerprint density at radius 2 is 1.80 bits per heavy atom. The van der Waals surface area contributed by atoms with Crippen molar-refractivity contribution in [2.45, 2.75) is 58.2 Å². The summed E-state index contributed by atoms with van der Waals surface area (Å²) in [7, 11) is 0. The Hall–Kier alpha value is -0.860. The molecule has 0 amide bonds. The van der Waals surface area contributed by atoms with Crippen LogP contribution in [0.15, 0.2) is 24.3 Å². The molecule has 1 saturated carbocycles. The number of nitrogens with zero attached hydrogens (tertiary/aromatic N) is 1. The highest BCUT2D eigenvalue weighted by Gasteiger charge is 2.49. The van der Waals surface area contributed by atoms with Gasteiger partial charge >= 0.3 is 0 Å². The van der Waals surface area contributed by atoms with Crippen molar-refractivity contribution in [1.82, 2.24) is 10.2 Å². The number of nitrogens with one attached hydrogen (secondary N) is 1. The molecule has 1 N–H and O–H groups in total. The third-order valence-corrected chi connectivity index (χ3v) is 5.18. The fourth-order valence-corrected chi connectivity index (χ4v) is 3.50. The Kier molecular flexibility index (Phi) is 3.42. The summed E-state index contributed by atoms with van der Waals surface area (Å²) in [5.41, 5.74) is 3.35. The maximum Gasteiger partial charge on any atom is 0.0338 e. The van der Waals surface area contributed by atoms with Crippen molar-refractivity contribution < 1.29 is 0 Å². The molecular formula is C18H28N2. The van der Waals surface area contributed by atoms with Gasteiger partial charge in [-0.25, -0.2) is 0 Å². The largest absolute Gasteiger partial charge is 0.309 e. The van der Waals surface area contributed by atoms with Crippen molar-refractivity contribution in [3.63, 3.8) is 0 Å². The second kappa shape index (κ2) is 4.85. The first-order chi connectivity index (χ1) is 9.39. The van der Waals surface area contributed by atoms with Crippen molar-refractivity contribution in [3.8, 4) is 0 Å². The van der Waals surface area contributed by atoms with Gasteiger partial charge in [0, 0.05) is 30.7 Å². The van der Waals surface area contributed by atoms with Gasteiger partial charge in [-0.2, -0.15) is 0 Å². The third-order valence-electron chi connectivity index (χ3n) is 5.18. The van der Waals surface area contributed by atoms with E-state index in [1.54, 1.807) is 0 Å². The van der Waals surface area contributed by atoms with Gasteiger partial charge in [-0.15, -0.1) is 0 Å². The number of aryl methyl sites for hydroxylation is 1. The van der Waals surface area contributed by atoms with Gasteiger partial charge in [-0.05, 0) is 52.0 Å². The third kappa shape index (κ3) is 2.77. The molecule has 1 atom stereocenters. The standard InChI is InChI=1S/C18H28N2/c1-14-5-7-15(8-6-14)11-20-13-17(2,3)19-12-18(20,4)16-9-10-16/h5-8,16,19H,9-13H2,1-4H3. The topological polar surface area (TPSA) is 15.3 Å². The van der Waals surface area contributed by atoms with E-state index in [2.05, 4.69) is 62.2 Å². The van der Waals surface area contributed by atoms with Crippen LogP contribution in [0.2, 0.25) is 0 Å². The van der Waals surface area contributed by atoms with Crippen molar-refractivity contribution >= 4 is 0 Å². The molecule has 3 rings (SSSR count). The summed E-state index contributed by atoms with van der Waals surface area (Å²) in [6.07, 6.45) is 2.81. The van der Waals surface area contributed by atoms with Crippen LogP contribution in [0.4, 0.5) is 0 Å². The van der Waals surface area contributed by atoms with Gasteiger partial charge in [0.15, 0.2) is 0 Å². The number of piperazine rings is 1. The Balaban J connectivity index is 1.80. The highest BCUT2D eigenvalue weighted by Crippen LogP contribution is 2.45. The van der Waals surface area contributed by atoms with E-state index in [1.165, 1.54) is 24.0 Å². The summed E-state index contributed by atoms with van der Waals surface area (Å²) >= 11 is 0. The normalized spacial score (nSPS) is 30.4. The predicted octanol–water partition coefficient (Wildman–Crippen LogP) is 3.35. The quantitative estimate of drug-likeness (QED) is 0.908. The van der Waals surface area contributed by atoms with E-state index in [-0.39, 0.29) is 5.54 Å². The lowest BCUT2D eigenvalue weighted by Gasteiger charge is -2.52. The molecule has 1 aliphatic carbocycles. The molecule has 1 unspecified atom stereocenters. The van der Waals surface area contributed by atoms with Crippen LogP contribution in [-0.4, -0.2) is 29.1 Å². The van der Waals surface area contributed by atoms with Crippen molar-refractivity contribution in [3.05, 3.63) is 35.4 Å². The molecule has 110 valence electrons. The Morgan fingerprint density at radius 1 is 1.15 bits per heavy atom. The summed E-state index contributed by atoms with van der Waals surface area (Å²) in [6.45, 7) is 12.6. The van der Waals surface area contributed by atoms with E-state index in [9.17, 15) is 0 Å². The van der Waals surface area contributed by atoms with E-state index < -0.39 is 0 Å². The minimum absolute atomic E-state index is 0.221. The summed E-state index contributed by atoms with van der Waals surface area (Å²) in [4.78, 5) is 2.73. The second-order valence-corrected chi connectivity index (χ2v) is 7.71. The van der Waals surface area contributed by atoms with Gasteiger partial charge in [0.25, 0.3) is 0 Å². The fourth-order valence-electron chi connectivity index (χ4n) is 3.50. The summed E-state index contributed by atoms with van der Waals surface area (Å²) < 4.78 is 0. The lowest BCUT2D eigenvalue weighted by atomic mass is 9.85. The zero-order chi connectivity index (χ0) is 14.4. The maximum absolute atomic E-state index is 3.75. The molecule has 1 aromatic carbocycles. The van der Waals surface area contributed by atoms with Crippen LogP contribution in [0.3, 0.4) is 0 Å². The van der Waals surface area contributed by atoms with Gasteiger partial charge in [-0.3, -0.25) is 4.90 Å². The van der Waals surface area contributed by atoms with Gasteiger partial charge in [0.1, 0.15) is 0 Å². The predicted molar refractivity (Wildman–Crippen MR) is 84.8 cm³/mol. The number of hydrogen-bond acceptors (Lipinski definition) is 2. The van der Waals surface area contributed by atoms with Crippen LogP contribution in [0, 0.1) is 12.8 Å². The Morgan fingerprint density at radius 3 is 2.40 bits per heavy atom. The monoisotopic (exact) mass is 272 g/mol. The lowest BCUT2D eigenvalue weighted by molar-refractivity contribution is 0.00520. The highest BCUT2D eigenvalue weighted by molar-refractivity contribution is 5.22. The van der Waals surface area contributed by atoms with Crippen LogP contribution < -0.4 is 5.32 Å². The molecule has 2 nitrogen and oxygen atoms in total. The molecule has 2 heteroatoms. The SMILES string of the molecule is Cc1ccc(CN2CC(C)(C)NCC2(C)C2CC2)cc1. The molecule has 1 aliphatic heterocycles. The average Bonchev–Trinajstić information content (AvgIpc) is 3.21. The number of benzene rings is 1. The summed E-state index contributed by atoms with van der Waals surface area (Å²) in [6, 6.07) is 9.05. The van der Waals surface area contributed by atoms with E-state index in [0.717, 1.165) is 25.6 Å². The van der Waals surface area contributed by atoms with Crippen LogP contribution in [0.5, 0.6) is 0 Å². The van der Waals surface area contributed by atoms with Gasteiger partial charge in [0.2, 0.25) is 0 Å². The van der Waals surface area contributed by atoms with Crippen molar-refractivity contribution in [2.75, 3.05) is 13.1 Å². The molecule has 20 heavy (non-hydrogen) atoms. The van der Waals surface area contributed by atoms with Gasteiger partial charge in [0.05, 0.1) is 0 Å². The molecule has 2 fully saturated rings. The average molecular weight is 272 g/mol. The van der Waals surface area contributed by atoms with E-state index in [4.69, 9.17) is 0 Å². The van der Waals surface area contributed by atoms with Gasteiger partial charge < -0.3 is 5.32 Å². The molecule has 1 heterocycles. The second-order valence-electron chi connectivity index (χ2n) is 7.71.